The first-order valence-electron chi connectivity index (χ1n) is 9.02. The van der Waals surface area contributed by atoms with Gasteiger partial charge in [0.2, 0.25) is 0 Å². The molecule has 1 N–H and O–H groups in total. The Kier molecular flexibility index (Phi) is 9.95. The summed E-state index contributed by atoms with van der Waals surface area (Å²) in [4.78, 5) is 4.71. The second-order valence-corrected chi connectivity index (χ2v) is 6.86. The van der Waals surface area contributed by atoms with Gasteiger partial charge < -0.3 is 14.7 Å². The maximum atomic E-state index is 10.3. The fourth-order valence-corrected chi connectivity index (χ4v) is 3.33. The van der Waals surface area contributed by atoms with E-state index in [9.17, 15) is 5.11 Å². The number of hydrogen-bond donors (Lipinski definition) is 1. The van der Waals surface area contributed by atoms with Gasteiger partial charge in [-0.25, -0.2) is 0 Å². The monoisotopic (exact) mass is 412 g/mol. The predicted octanol–water partition coefficient (Wildman–Crippen LogP) is 3.71. The van der Waals surface area contributed by atoms with Crippen molar-refractivity contribution in [3.63, 3.8) is 0 Å². The number of nitrogens with zero attached hydrogens (tertiary/aromatic N) is 2. The third-order valence-electron chi connectivity index (χ3n) is 4.72. The van der Waals surface area contributed by atoms with Crippen molar-refractivity contribution in [3.05, 3.63) is 59.7 Å². The van der Waals surface area contributed by atoms with Crippen LogP contribution >= 0.6 is 24.8 Å². The van der Waals surface area contributed by atoms with E-state index in [0.29, 0.717) is 13.2 Å². The molecule has 1 saturated heterocycles. The van der Waals surface area contributed by atoms with Gasteiger partial charge in [-0.3, -0.25) is 4.90 Å². The number of β-amino-alcohol motifs (C(OH)–C–C–N with tert-alkyl or cyclic N) is 1. The van der Waals surface area contributed by atoms with Crippen LogP contribution in [0.5, 0.6) is 5.75 Å². The number of anilines is 1. The molecule has 0 aromatic heterocycles. The first-order valence-corrected chi connectivity index (χ1v) is 9.02. The molecule has 2 aromatic carbocycles. The number of rotatable bonds is 6. The number of aryl methyl sites for hydroxylation is 2. The SMILES string of the molecule is Cc1ccc(OCC(O)CN2CCN(c3ccccc3)CC2)c(C)c1.Cl.Cl. The molecule has 4 nitrogen and oxygen atoms in total. The van der Waals surface area contributed by atoms with E-state index in [1.807, 2.05) is 25.1 Å². The minimum atomic E-state index is -0.469. The molecule has 0 saturated carbocycles. The number of hydrogen-bond acceptors (Lipinski definition) is 4. The third kappa shape index (κ3) is 6.89. The molecule has 1 unspecified atom stereocenters. The molecule has 0 radical (unpaired) electrons. The molecule has 1 fully saturated rings. The number of benzene rings is 2. The van der Waals surface area contributed by atoms with E-state index in [1.54, 1.807) is 0 Å². The Morgan fingerprint density at radius 3 is 2.26 bits per heavy atom. The molecule has 0 spiro atoms. The van der Waals surface area contributed by atoms with Gasteiger partial charge in [0.05, 0.1) is 0 Å². The van der Waals surface area contributed by atoms with Crippen molar-refractivity contribution in [1.29, 1.82) is 0 Å². The molecule has 150 valence electrons. The smallest absolute Gasteiger partial charge is 0.122 e. The lowest BCUT2D eigenvalue weighted by Crippen LogP contribution is -2.49. The average Bonchev–Trinajstić information content (AvgIpc) is 2.62. The maximum Gasteiger partial charge on any atom is 0.122 e. The van der Waals surface area contributed by atoms with Crippen LogP contribution in [0.15, 0.2) is 48.5 Å². The van der Waals surface area contributed by atoms with E-state index in [-0.39, 0.29) is 24.8 Å². The summed E-state index contributed by atoms with van der Waals surface area (Å²) in [7, 11) is 0. The summed E-state index contributed by atoms with van der Waals surface area (Å²) in [5.74, 6) is 0.860. The number of ether oxygens (including phenoxy) is 1. The summed E-state index contributed by atoms with van der Waals surface area (Å²) in [5.41, 5.74) is 3.62. The van der Waals surface area contributed by atoms with Crippen LogP contribution in [-0.4, -0.2) is 55.4 Å². The lowest BCUT2D eigenvalue weighted by molar-refractivity contribution is 0.0661. The fourth-order valence-electron chi connectivity index (χ4n) is 3.33. The Hall–Kier alpha value is -1.46. The zero-order valence-electron chi connectivity index (χ0n) is 16.0. The zero-order valence-corrected chi connectivity index (χ0v) is 17.6. The highest BCUT2D eigenvalue weighted by atomic mass is 35.5. The van der Waals surface area contributed by atoms with E-state index in [2.05, 4.69) is 47.1 Å². The molecule has 27 heavy (non-hydrogen) atoms. The van der Waals surface area contributed by atoms with E-state index < -0.39 is 6.10 Å². The Balaban J connectivity index is 0.00000182. The summed E-state index contributed by atoms with van der Waals surface area (Å²) in [6, 6.07) is 16.6. The average molecular weight is 413 g/mol. The molecule has 1 aliphatic rings. The number of aliphatic hydroxyl groups excluding tert-OH is 1. The number of aliphatic hydroxyl groups is 1. The molecule has 6 heteroatoms. The molecule has 0 amide bonds. The summed E-state index contributed by atoms with van der Waals surface area (Å²) >= 11 is 0. The molecule has 3 rings (SSSR count). The van der Waals surface area contributed by atoms with Gasteiger partial charge in [-0.2, -0.15) is 0 Å². The first kappa shape index (κ1) is 23.6. The summed E-state index contributed by atoms with van der Waals surface area (Å²) in [6.45, 7) is 9.03. The fraction of sp³-hybridized carbons (Fsp3) is 0.429. The van der Waals surface area contributed by atoms with Crippen molar-refractivity contribution in [3.8, 4) is 5.75 Å². The lowest BCUT2D eigenvalue weighted by Gasteiger charge is -2.36. The van der Waals surface area contributed by atoms with Crippen molar-refractivity contribution < 1.29 is 9.84 Å². The standard InChI is InChI=1S/C21H28N2O2.2ClH/c1-17-8-9-21(18(2)14-17)25-16-20(24)15-22-10-12-23(13-11-22)19-6-4-3-5-7-19;;/h3-9,14,20,24H,10-13,15-16H2,1-2H3;2*1H. The summed E-state index contributed by atoms with van der Waals surface area (Å²) < 4.78 is 5.80. The van der Waals surface area contributed by atoms with Crippen molar-refractivity contribution in [2.75, 3.05) is 44.2 Å². The van der Waals surface area contributed by atoms with Crippen LogP contribution in [0.1, 0.15) is 11.1 Å². The highest BCUT2D eigenvalue weighted by Gasteiger charge is 2.19. The summed E-state index contributed by atoms with van der Waals surface area (Å²) in [6.07, 6.45) is -0.469. The number of halogens is 2. The lowest BCUT2D eigenvalue weighted by atomic mass is 10.1. The van der Waals surface area contributed by atoms with E-state index in [1.165, 1.54) is 11.3 Å². The van der Waals surface area contributed by atoms with Crippen LogP contribution in [0.3, 0.4) is 0 Å². The molecule has 0 bridgehead atoms. The third-order valence-corrected chi connectivity index (χ3v) is 4.72. The topological polar surface area (TPSA) is 35.9 Å². The van der Waals surface area contributed by atoms with Crippen LogP contribution in [0.4, 0.5) is 5.69 Å². The van der Waals surface area contributed by atoms with Gasteiger partial charge in [0.1, 0.15) is 18.5 Å². The van der Waals surface area contributed by atoms with Crippen molar-refractivity contribution in [2.45, 2.75) is 20.0 Å². The number of para-hydroxylation sites is 1. The highest BCUT2D eigenvalue weighted by molar-refractivity contribution is 5.85. The van der Waals surface area contributed by atoms with Crippen LogP contribution in [0.2, 0.25) is 0 Å². The maximum absolute atomic E-state index is 10.3. The van der Waals surface area contributed by atoms with Gasteiger partial charge in [0.15, 0.2) is 0 Å². The van der Waals surface area contributed by atoms with Crippen molar-refractivity contribution in [2.24, 2.45) is 0 Å². The normalized spacial score (nSPS) is 15.4. The summed E-state index contributed by atoms with van der Waals surface area (Å²) in [5, 5.41) is 10.3. The van der Waals surface area contributed by atoms with Gasteiger partial charge in [-0.1, -0.05) is 35.9 Å². The Morgan fingerprint density at radius 1 is 0.963 bits per heavy atom. The molecule has 2 aromatic rings. The zero-order chi connectivity index (χ0) is 17.6. The second-order valence-electron chi connectivity index (χ2n) is 6.86. The molecular weight excluding hydrogens is 383 g/mol. The van der Waals surface area contributed by atoms with Crippen molar-refractivity contribution in [1.82, 2.24) is 4.90 Å². The van der Waals surface area contributed by atoms with Gasteiger partial charge >= 0.3 is 0 Å². The molecular formula is C21H30Cl2N2O2. The number of piperazine rings is 1. The van der Waals surface area contributed by atoms with Crippen LogP contribution in [0, 0.1) is 13.8 Å². The minimum Gasteiger partial charge on any atom is -0.491 e. The van der Waals surface area contributed by atoms with Gasteiger partial charge in [0, 0.05) is 38.4 Å². The highest BCUT2D eigenvalue weighted by Crippen LogP contribution is 2.19. The second kappa shape index (κ2) is 11.4. The van der Waals surface area contributed by atoms with Gasteiger partial charge in [-0.05, 0) is 37.6 Å². The van der Waals surface area contributed by atoms with E-state index in [4.69, 9.17) is 4.74 Å². The van der Waals surface area contributed by atoms with Gasteiger partial charge in [0.25, 0.3) is 0 Å². The Morgan fingerprint density at radius 2 is 1.63 bits per heavy atom. The predicted molar refractivity (Wildman–Crippen MR) is 117 cm³/mol. The van der Waals surface area contributed by atoms with E-state index in [0.717, 1.165) is 37.5 Å². The largest absolute Gasteiger partial charge is 0.491 e. The molecule has 1 heterocycles. The minimum absolute atomic E-state index is 0. The van der Waals surface area contributed by atoms with Gasteiger partial charge in [-0.15, -0.1) is 24.8 Å². The first-order chi connectivity index (χ1) is 12.1. The Bertz CT molecular complexity index is 677. The molecule has 0 aliphatic carbocycles. The van der Waals surface area contributed by atoms with Crippen LogP contribution in [0.25, 0.3) is 0 Å². The Labute approximate surface area is 175 Å². The van der Waals surface area contributed by atoms with Crippen LogP contribution in [-0.2, 0) is 0 Å². The van der Waals surface area contributed by atoms with Crippen molar-refractivity contribution >= 4 is 30.5 Å². The molecule has 1 aliphatic heterocycles. The van der Waals surface area contributed by atoms with Crippen LogP contribution < -0.4 is 9.64 Å². The molecule has 1 atom stereocenters. The van der Waals surface area contributed by atoms with E-state index >= 15 is 0 Å². The quantitative estimate of drug-likeness (QED) is 0.784.